The molecule has 2 aliphatic rings. The topological polar surface area (TPSA) is 115 Å². The highest BCUT2D eigenvalue weighted by atomic mass is 16.8. The van der Waals surface area contributed by atoms with Crippen LogP contribution in [-0.4, -0.2) is 63.6 Å². The molecule has 0 aromatic rings. The van der Waals surface area contributed by atoms with Gasteiger partial charge in [-0.2, -0.15) is 0 Å². The third-order valence-electron chi connectivity index (χ3n) is 3.20. The average Bonchev–Trinajstić information content (AvgIpc) is 2.54. The summed E-state index contributed by atoms with van der Waals surface area (Å²) in [5.41, 5.74) is 0. The van der Waals surface area contributed by atoms with Crippen LogP contribution in [0.3, 0.4) is 0 Å². The highest BCUT2D eigenvalue weighted by Gasteiger charge is 2.63. The van der Waals surface area contributed by atoms with E-state index in [1.165, 1.54) is 13.8 Å². The summed E-state index contributed by atoms with van der Waals surface area (Å²) in [6.45, 7) is 6.11. The van der Waals surface area contributed by atoms with Crippen LogP contribution in [0, 0.1) is 0 Å². The third kappa shape index (κ3) is 2.67. The van der Waals surface area contributed by atoms with Crippen LogP contribution in [0.4, 0.5) is 0 Å². The lowest BCUT2D eigenvalue weighted by molar-refractivity contribution is -0.330. The predicted octanol–water partition coefficient (Wildman–Crippen LogP) is -0.576. The molecule has 0 aromatic carbocycles. The van der Waals surface area contributed by atoms with Crippen LogP contribution in [0.25, 0.3) is 0 Å². The summed E-state index contributed by atoms with van der Waals surface area (Å²) in [4.78, 5) is 11.3. The first kappa shape index (κ1) is 15.6. The monoisotopic (exact) mass is 292 g/mol. The molecule has 0 aliphatic carbocycles. The van der Waals surface area contributed by atoms with E-state index in [2.05, 4.69) is 0 Å². The van der Waals surface area contributed by atoms with Gasteiger partial charge in [-0.15, -0.1) is 0 Å². The zero-order valence-electron chi connectivity index (χ0n) is 11.8. The van der Waals surface area contributed by atoms with Gasteiger partial charge < -0.3 is 34.3 Å². The normalized spacial score (nSPS) is 43.4. The molecular weight excluding hydrogens is 272 g/mol. The standard InChI is InChI=1S/C12H20O8/c1-10(2)17-5-6(13)7(18-10)8-12(16,9(14)15)20-11(3,4)19-8/h6-8,13,16H,5H2,1-4H3,(H,14,15). The molecule has 2 saturated heterocycles. The number of hydrogen-bond acceptors (Lipinski definition) is 7. The van der Waals surface area contributed by atoms with Crippen molar-refractivity contribution < 1.29 is 39.1 Å². The molecule has 0 spiro atoms. The second kappa shape index (κ2) is 4.62. The van der Waals surface area contributed by atoms with Crippen LogP contribution in [0.5, 0.6) is 0 Å². The summed E-state index contributed by atoms with van der Waals surface area (Å²) in [6, 6.07) is 0. The van der Waals surface area contributed by atoms with Gasteiger partial charge in [0.25, 0.3) is 5.79 Å². The largest absolute Gasteiger partial charge is 0.477 e. The van der Waals surface area contributed by atoms with Crippen LogP contribution in [0.15, 0.2) is 0 Å². The summed E-state index contributed by atoms with van der Waals surface area (Å²) in [7, 11) is 0. The van der Waals surface area contributed by atoms with E-state index >= 15 is 0 Å². The molecule has 2 heterocycles. The maximum atomic E-state index is 11.3. The fourth-order valence-corrected chi connectivity index (χ4v) is 2.38. The molecular formula is C12H20O8. The van der Waals surface area contributed by atoms with Crippen molar-refractivity contribution in [1.29, 1.82) is 0 Å². The summed E-state index contributed by atoms with van der Waals surface area (Å²) < 4.78 is 21.3. The summed E-state index contributed by atoms with van der Waals surface area (Å²) in [5.74, 6) is -6.54. The Morgan fingerprint density at radius 1 is 1.15 bits per heavy atom. The first-order valence-corrected chi connectivity index (χ1v) is 6.30. The zero-order chi connectivity index (χ0) is 15.3. The number of rotatable bonds is 2. The Morgan fingerprint density at radius 3 is 2.30 bits per heavy atom. The van der Waals surface area contributed by atoms with E-state index in [0.717, 1.165) is 0 Å². The quantitative estimate of drug-likeness (QED) is 0.619. The maximum absolute atomic E-state index is 11.3. The lowest BCUT2D eigenvalue weighted by Crippen LogP contribution is -2.61. The van der Waals surface area contributed by atoms with Gasteiger partial charge in [0.1, 0.15) is 12.2 Å². The molecule has 0 radical (unpaired) electrons. The second-order valence-electron chi connectivity index (χ2n) is 5.90. The number of hydrogen-bond donors (Lipinski definition) is 3. The van der Waals surface area contributed by atoms with Gasteiger partial charge in [-0.25, -0.2) is 4.79 Å². The van der Waals surface area contributed by atoms with Crippen LogP contribution >= 0.6 is 0 Å². The van der Waals surface area contributed by atoms with Crippen LogP contribution < -0.4 is 0 Å². The summed E-state index contributed by atoms with van der Waals surface area (Å²) >= 11 is 0. The Labute approximate surface area is 116 Å². The van der Waals surface area contributed by atoms with Gasteiger partial charge in [-0.05, 0) is 27.7 Å². The number of carbonyl (C=O) groups is 1. The Balaban J connectivity index is 2.31. The summed E-state index contributed by atoms with van der Waals surface area (Å²) in [5, 5.41) is 29.4. The number of aliphatic hydroxyl groups is 2. The van der Waals surface area contributed by atoms with Gasteiger partial charge in [0.05, 0.1) is 6.61 Å². The van der Waals surface area contributed by atoms with Crippen molar-refractivity contribution in [2.24, 2.45) is 0 Å². The number of aliphatic hydroxyl groups excluding tert-OH is 1. The number of aliphatic carboxylic acids is 1. The lowest BCUT2D eigenvalue weighted by Gasteiger charge is -2.42. The minimum atomic E-state index is -2.59. The van der Waals surface area contributed by atoms with Gasteiger partial charge in [-0.1, -0.05) is 0 Å². The van der Waals surface area contributed by atoms with E-state index in [0.29, 0.717) is 0 Å². The van der Waals surface area contributed by atoms with Crippen molar-refractivity contribution >= 4 is 5.97 Å². The Kier molecular flexibility index (Phi) is 3.61. The van der Waals surface area contributed by atoms with Gasteiger partial charge in [0, 0.05) is 0 Å². The van der Waals surface area contributed by atoms with Gasteiger partial charge in [0.2, 0.25) is 0 Å². The van der Waals surface area contributed by atoms with Gasteiger partial charge in [0.15, 0.2) is 17.7 Å². The molecule has 4 atom stereocenters. The number of carboxylic acid groups (broad SMARTS) is 1. The van der Waals surface area contributed by atoms with Crippen molar-refractivity contribution in [1.82, 2.24) is 0 Å². The molecule has 0 aromatic heterocycles. The Morgan fingerprint density at radius 2 is 1.75 bits per heavy atom. The first-order chi connectivity index (χ1) is 8.97. The molecule has 4 unspecified atom stereocenters. The highest BCUT2D eigenvalue weighted by molar-refractivity contribution is 5.76. The minimum absolute atomic E-state index is 0.0619. The summed E-state index contributed by atoms with van der Waals surface area (Å²) in [6.07, 6.45) is -3.62. The SMILES string of the molecule is CC1(C)OCC(O)C(C2OC(C)(C)OC2(O)C(=O)O)O1. The van der Waals surface area contributed by atoms with E-state index in [4.69, 9.17) is 18.9 Å². The maximum Gasteiger partial charge on any atom is 0.367 e. The van der Waals surface area contributed by atoms with Crippen molar-refractivity contribution in [3.05, 3.63) is 0 Å². The molecule has 2 aliphatic heterocycles. The molecule has 8 heteroatoms. The highest BCUT2D eigenvalue weighted by Crippen LogP contribution is 2.40. The third-order valence-corrected chi connectivity index (χ3v) is 3.20. The Bertz CT molecular complexity index is 406. The molecule has 2 rings (SSSR count). The number of carboxylic acids is 1. The van der Waals surface area contributed by atoms with Crippen LogP contribution in [-0.2, 0) is 23.7 Å². The van der Waals surface area contributed by atoms with Crippen LogP contribution in [0.2, 0.25) is 0 Å². The second-order valence-corrected chi connectivity index (χ2v) is 5.90. The van der Waals surface area contributed by atoms with E-state index in [9.17, 15) is 20.1 Å². The zero-order valence-corrected chi connectivity index (χ0v) is 11.8. The smallest absolute Gasteiger partial charge is 0.367 e. The predicted molar refractivity (Wildman–Crippen MR) is 63.5 cm³/mol. The molecule has 20 heavy (non-hydrogen) atoms. The van der Waals surface area contributed by atoms with E-state index in [1.54, 1.807) is 13.8 Å². The van der Waals surface area contributed by atoms with E-state index in [-0.39, 0.29) is 6.61 Å². The fourth-order valence-electron chi connectivity index (χ4n) is 2.38. The number of ether oxygens (including phenoxy) is 4. The van der Waals surface area contributed by atoms with E-state index in [1.807, 2.05) is 0 Å². The van der Waals surface area contributed by atoms with Crippen LogP contribution in [0.1, 0.15) is 27.7 Å². The van der Waals surface area contributed by atoms with Crippen molar-refractivity contribution in [3.8, 4) is 0 Å². The molecule has 0 saturated carbocycles. The molecule has 0 bridgehead atoms. The van der Waals surface area contributed by atoms with Gasteiger partial charge in [-0.3, -0.25) is 0 Å². The van der Waals surface area contributed by atoms with Crippen molar-refractivity contribution in [3.63, 3.8) is 0 Å². The average molecular weight is 292 g/mol. The van der Waals surface area contributed by atoms with Crippen molar-refractivity contribution in [2.75, 3.05) is 6.61 Å². The molecule has 0 amide bonds. The molecule has 116 valence electrons. The lowest BCUT2D eigenvalue weighted by atomic mass is 9.99. The van der Waals surface area contributed by atoms with Crippen molar-refractivity contribution in [2.45, 2.75) is 63.4 Å². The minimum Gasteiger partial charge on any atom is -0.477 e. The molecule has 2 fully saturated rings. The molecule has 8 nitrogen and oxygen atoms in total. The first-order valence-electron chi connectivity index (χ1n) is 6.30. The van der Waals surface area contributed by atoms with Gasteiger partial charge >= 0.3 is 5.97 Å². The molecule has 3 N–H and O–H groups in total. The fraction of sp³-hybridized carbons (Fsp3) is 0.917. The van der Waals surface area contributed by atoms with E-state index < -0.39 is 41.6 Å². The Hall–Kier alpha value is -0.770.